The first-order chi connectivity index (χ1) is 16.0. The molecule has 1 saturated heterocycles. The minimum absolute atomic E-state index is 0.0682. The predicted octanol–water partition coefficient (Wildman–Crippen LogP) is 2.34. The number of aryl methyl sites for hydroxylation is 1. The first-order valence-electron chi connectivity index (χ1n) is 11.2. The molecule has 0 spiro atoms. The normalized spacial score (nSPS) is 25.0. The van der Waals surface area contributed by atoms with Crippen molar-refractivity contribution in [1.29, 1.82) is 0 Å². The maximum absolute atomic E-state index is 13.0. The number of hydrogen-bond acceptors (Lipinski definition) is 7. The smallest absolute Gasteiger partial charge is 0.338 e. The molecule has 1 aliphatic rings. The molecule has 2 aromatic rings. The van der Waals surface area contributed by atoms with Crippen molar-refractivity contribution >= 4 is 11.9 Å². The minimum Gasteiger partial charge on any atom is -0.451 e. The Morgan fingerprint density at radius 2 is 1.62 bits per heavy atom. The van der Waals surface area contributed by atoms with E-state index in [1.807, 2.05) is 19.1 Å². The third-order valence-corrected chi connectivity index (χ3v) is 5.93. The zero-order valence-electron chi connectivity index (χ0n) is 20.1. The SMILES string of the molecule is CO[C@@H]1O[C@H](CO)[C@H](O)[C@H](NC(=O)c2ccc(C(C)(C)C)cc2)[C@@H]1OC(=O)c1ccc(C)cc1. The van der Waals surface area contributed by atoms with Gasteiger partial charge < -0.3 is 29.7 Å². The highest BCUT2D eigenvalue weighted by Crippen LogP contribution is 2.26. The van der Waals surface area contributed by atoms with E-state index in [2.05, 4.69) is 26.1 Å². The van der Waals surface area contributed by atoms with Gasteiger partial charge in [0.1, 0.15) is 12.2 Å². The fraction of sp³-hybridized carbons (Fsp3) is 0.462. The second-order valence-corrected chi connectivity index (χ2v) is 9.51. The second kappa shape index (κ2) is 10.7. The predicted molar refractivity (Wildman–Crippen MR) is 126 cm³/mol. The Morgan fingerprint density at radius 3 is 2.15 bits per heavy atom. The molecule has 0 saturated carbocycles. The molecule has 8 nitrogen and oxygen atoms in total. The van der Waals surface area contributed by atoms with Crippen LogP contribution in [0.25, 0.3) is 0 Å². The fourth-order valence-electron chi connectivity index (χ4n) is 3.80. The number of amides is 1. The molecule has 34 heavy (non-hydrogen) atoms. The summed E-state index contributed by atoms with van der Waals surface area (Å²) in [6, 6.07) is 12.9. The molecule has 0 unspecified atom stereocenters. The summed E-state index contributed by atoms with van der Waals surface area (Å²) in [4.78, 5) is 25.8. The van der Waals surface area contributed by atoms with Crippen LogP contribution in [0.2, 0.25) is 0 Å². The van der Waals surface area contributed by atoms with Crippen LogP contribution in [0.4, 0.5) is 0 Å². The van der Waals surface area contributed by atoms with Crippen molar-refractivity contribution in [3.63, 3.8) is 0 Å². The fourth-order valence-corrected chi connectivity index (χ4v) is 3.80. The van der Waals surface area contributed by atoms with Gasteiger partial charge in [-0.1, -0.05) is 50.6 Å². The van der Waals surface area contributed by atoms with E-state index in [0.29, 0.717) is 11.1 Å². The monoisotopic (exact) mass is 471 g/mol. The number of rotatable bonds is 6. The Balaban J connectivity index is 1.85. The maximum atomic E-state index is 13.0. The van der Waals surface area contributed by atoms with Crippen LogP contribution in [0.5, 0.6) is 0 Å². The van der Waals surface area contributed by atoms with E-state index in [-0.39, 0.29) is 5.41 Å². The molecule has 0 bridgehead atoms. The molecule has 1 amide bonds. The van der Waals surface area contributed by atoms with Gasteiger partial charge in [0.15, 0.2) is 12.4 Å². The summed E-state index contributed by atoms with van der Waals surface area (Å²) in [6.45, 7) is 7.62. The molecule has 1 heterocycles. The number of esters is 1. The number of nitrogens with one attached hydrogen (secondary N) is 1. The third kappa shape index (κ3) is 5.82. The number of methoxy groups -OCH3 is 1. The van der Waals surface area contributed by atoms with Crippen LogP contribution >= 0.6 is 0 Å². The molecule has 1 aliphatic heterocycles. The molecule has 3 N–H and O–H groups in total. The number of benzene rings is 2. The lowest BCUT2D eigenvalue weighted by atomic mass is 9.86. The Labute approximate surface area is 199 Å². The quantitative estimate of drug-likeness (QED) is 0.554. The van der Waals surface area contributed by atoms with E-state index in [1.165, 1.54) is 7.11 Å². The zero-order valence-corrected chi connectivity index (χ0v) is 20.1. The van der Waals surface area contributed by atoms with Crippen molar-refractivity contribution in [2.24, 2.45) is 0 Å². The molecule has 8 heteroatoms. The molecular weight excluding hydrogens is 438 g/mol. The Bertz CT molecular complexity index is 982. The van der Waals surface area contributed by atoms with Crippen LogP contribution in [-0.2, 0) is 19.6 Å². The van der Waals surface area contributed by atoms with Crippen molar-refractivity contribution in [3.8, 4) is 0 Å². The topological polar surface area (TPSA) is 114 Å². The van der Waals surface area contributed by atoms with E-state index < -0.39 is 49.1 Å². The van der Waals surface area contributed by atoms with Gasteiger partial charge in [0.25, 0.3) is 5.91 Å². The molecule has 0 aliphatic carbocycles. The van der Waals surface area contributed by atoms with Crippen LogP contribution < -0.4 is 5.32 Å². The highest BCUT2D eigenvalue weighted by Gasteiger charge is 2.48. The lowest BCUT2D eigenvalue weighted by Crippen LogP contribution is -2.65. The second-order valence-electron chi connectivity index (χ2n) is 9.51. The first-order valence-corrected chi connectivity index (χ1v) is 11.2. The average molecular weight is 472 g/mol. The first kappa shape index (κ1) is 25.8. The zero-order chi connectivity index (χ0) is 25.0. The lowest BCUT2D eigenvalue weighted by Gasteiger charge is -2.43. The Hall–Kier alpha value is -2.78. The summed E-state index contributed by atoms with van der Waals surface area (Å²) < 4.78 is 16.6. The van der Waals surface area contributed by atoms with Gasteiger partial charge >= 0.3 is 5.97 Å². The molecule has 184 valence electrons. The average Bonchev–Trinajstić information content (AvgIpc) is 2.81. The summed E-state index contributed by atoms with van der Waals surface area (Å²) >= 11 is 0. The van der Waals surface area contributed by atoms with Gasteiger partial charge in [-0.2, -0.15) is 0 Å². The van der Waals surface area contributed by atoms with E-state index in [9.17, 15) is 19.8 Å². The molecule has 2 aromatic carbocycles. The van der Waals surface area contributed by atoms with Crippen LogP contribution in [-0.4, -0.2) is 66.4 Å². The minimum atomic E-state index is -1.34. The maximum Gasteiger partial charge on any atom is 0.338 e. The van der Waals surface area contributed by atoms with Crippen LogP contribution in [0, 0.1) is 6.92 Å². The van der Waals surface area contributed by atoms with Crippen molar-refractivity contribution in [2.45, 2.75) is 63.8 Å². The summed E-state index contributed by atoms with van der Waals surface area (Å²) in [7, 11) is 1.35. The van der Waals surface area contributed by atoms with Crippen molar-refractivity contribution < 1.29 is 34.0 Å². The largest absolute Gasteiger partial charge is 0.451 e. The molecule has 0 radical (unpaired) electrons. The number of aliphatic hydroxyl groups excluding tert-OH is 2. The summed E-state index contributed by atoms with van der Waals surface area (Å²) in [5.41, 5.74) is 2.67. The standard InChI is InChI=1S/C26H33NO7/c1-15-6-8-17(9-7-15)24(31)34-22-20(21(29)19(14-28)33-25(22)32-5)27-23(30)16-10-12-18(13-11-16)26(2,3)4/h6-13,19-22,25,28-29H,14H2,1-5H3,(H,27,30)/t19-,20+,21+,22+,25-/m1/s1. The Kier molecular flexibility index (Phi) is 8.09. The van der Waals surface area contributed by atoms with Crippen LogP contribution in [0.1, 0.15) is 52.6 Å². The number of aliphatic hydroxyl groups is 2. The van der Waals surface area contributed by atoms with Gasteiger partial charge in [0.05, 0.1) is 18.2 Å². The summed E-state index contributed by atoms with van der Waals surface area (Å²) in [5.74, 6) is -1.12. The third-order valence-electron chi connectivity index (χ3n) is 5.93. The van der Waals surface area contributed by atoms with Gasteiger partial charge in [-0.05, 0) is 42.2 Å². The molecule has 3 rings (SSSR count). The number of ether oxygens (including phenoxy) is 3. The molecule has 5 atom stereocenters. The van der Waals surface area contributed by atoms with Gasteiger partial charge in [0, 0.05) is 12.7 Å². The van der Waals surface area contributed by atoms with Crippen LogP contribution in [0.3, 0.4) is 0 Å². The van der Waals surface area contributed by atoms with Gasteiger partial charge in [0.2, 0.25) is 0 Å². The van der Waals surface area contributed by atoms with Crippen molar-refractivity contribution in [3.05, 3.63) is 70.8 Å². The number of carbonyl (C=O) groups is 2. The van der Waals surface area contributed by atoms with Crippen LogP contribution in [0.15, 0.2) is 48.5 Å². The lowest BCUT2D eigenvalue weighted by molar-refractivity contribution is -0.269. The summed E-state index contributed by atoms with van der Waals surface area (Å²) in [5, 5.41) is 23.2. The van der Waals surface area contributed by atoms with Crippen molar-refractivity contribution in [1.82, 2.24) is 5.32 Å². The van der Waals surface area contributed by atoms with E-state index in [4.69, 9.17) is 14.2 Å². The van der Waals surface area contributed by atoms with Gasteiger partial charge in [-0.25, -0.2) is 4.79 Å². The summed E-state index contributed by atoms with van der Waals surface area (Å²) in [6.07, 6.45) is -4.64. The number of hydrogen-bond donors (Lipinski definition) is 3. The van der Waals surface area contributed by atoms with E-state index in [1.54, 1.807) is 36.4 Å². The Morgan fingerprint density at radius 1 is 1.03 bits per heavy atom. The highest BCUT2D eigenvalue weighted by atomic mass is 16.7. The van der Waals surface area contributed by atoms with E-state index in [0.717, 1.165) is 11.1 Å². The molecule has 1 fully saturated rings. The van der Waals surface area contributed by atoms with Gasteiger partial charge in [-0.3, -0.25) is 4.79 Å². The molecule has 0 aromatic heterocycles. The van der Waals surface area contributed by atoms with Gasteiger partial charge in [-0.15, -0.1) is 0 Å². The van der Waals surface area contributed by atoms with Crippen molar-refractivity contribution in [2.75, 3.05) is 13.7 Å². The van der Waals surface area contributed by atoms with E-state index >= 15 is 0 Å². The number of carbonyl (C=O) groups excluding carboxylic acids is 2. The highest BCUT2D eigenvalue weighted by molar-refractivity contribution is 5.94. The molecular formula is C26H33NO7.